The molecule has 3 rings (SSSR count). The van der Waals surface area contributed by atoms with Gasteiger partial charge < -0.3 is 9.32 Å². The highest BCUT2D eigenvalue weighted by molar-refractivity contribution is 6.09. The van der Waals surface area contributed by atoms with Crippen LogP contribution in [0, 0.1) is 6.92 Å². The molecule has 2 aromatic heterocycles. The van der Waals surface area contributed by atoms with E-state index in [-0.39, 0.29) is 11.7 Å². The number of aromatic nitrogens is 1. The van der Waals surface area contributed by atoms with Gasteiger partial charge in [-0.1, -0.05) is 0 Å². The molecule has 0 aliphatic heterocycles. The summed E-state index contributed by atoms with van der Waals surface area (Å²) in [5.41, 5.74) is 2.08. The smallest absolute Gasteiger partial charge is 0.257 e. The molecule has 1 aliphatic carbocycles. The fourth-order valence-corrected chi connectivity index (χ4v) is 3.00. The zero-order valence-electron chi connectivity index (χ0n) is 13.5. The normalized spacial score (nSPS) is 13.7. The van der Waals surface area contributed by atoms with Crippen molar-refractivity contribution in [3.8, 4) is 0 Å². The van der Waals surface area contributed by atoms with Crippen LogP contribution in [0.15, 0.2) is 28.9 Å². The Bertz CT molecular complexity index is 734. The van der Waals surface area contributed by atoms with Crippen molar-refractivity contribution < 1.29 is 14.0 Å². The minimum absolute atomic E-state index is 0.0222. The molecule has 23 heavy (non-hydrogen) atoms. The number of hydrogen-bond acceptors (Lipinski definition) is 4. The van der Waals surface area contributed by atoms with Crippen molar-refractivity contribution in [3.05, 3.63) is 52.7 Å². The molecule has 0 fully saturated rings. The van der Waals surface area contributed by atoms with Crippen LogP contribution in [0.1, 0.15) is 50.6 Å². The van der Waals surface area contributed by atoms with E-state index in [2.05, 4.69) is 4.98 Å². The fourth-order valence-electron chi connectivity index (χ4n) is 3.00. The number of amides is 1. The third-order valence-electron chi connectivity index (χ3n) is 4.29. The molecule has 5 heteroatoms. The molecule has 0 unspecified atom stereocenters. The van der Waals surface area contributed by atoms with E-state index in [1.165, 1.54) is 0 Å². The molecular formula is C18H20N2O3. The first-order chi connectivity index (χ1) is 11.1. The van der Waals surface area contributed by atoms with Gasteiger partial charge >= 0.3 is 0 Å². The molecule has 0 saturated carbocycles. The lowest BCUT2D eigenvalue weighted by atomic mass is 9.93. The molecule has 0 N–H and O–H groups in total. The van der Waals surface area contributed by atoms with Gasteiger partial charge in [0.15, 0.2) is 5.78 Å². The number of furan rings is 1. The average molecular weight is 312 g/mol. The van der Waals surface area contributed by atoms with Crippen molar-refractivity contribution in [1.82, 2.24) is 9.88 Å². The largest absolute Gasteiger partial charge is 0.465 e. The van der Waals surface area contributed by atoms with Gasteiger partial charge in [-0.15, -0.1) is 0 Å². The topological polar surface area (TPSA) is 63.4 Å². The standard InChI is InChI=1S/C18H20N2O3/c1-12-16(17-14(21)4-3-5-15(17)23-12)18(22)20(2)11-8-13-6-9-19-10-7-13/h6-7,9-10H,3-5,8,11H2,1-2H3. The van der Waals surface area contributed by atoms with Crippen LogP contribution < -0.4 is 0 Å². The van der Waals surface area contributed by atoms with Gasteiger partial charge in [0.05, 0.1) is 11.1 Å². The Hall–Kier alpha value is -2.43. The maximum absolute atomic E-state index is 12.8. The van der Waals surface area contributed by atoms with Crippen LogP contribution >= 0.6 is 0 Å². The number of rotatable bonds is 4. The molecular weight excluding hydrogens is 292 g/mol. The maximum atomic E-state index is 12.8. The lowest BCUT2D eigenvalue weighted by Crippen LogP contribution is -2.30. The Morgan fingerprint density at radius 1 is 1.30 bits per heavy atom. The first-order valence-electron chi connectivity index (χ1n) is 7.87. The summed E-state index contributed by atoms with van der Waals surface area (Å²) < 4.78 is 5.66. The summed E-state index contributed by atoms with van der Waals surface area (Å²) in [5, 5.41) is 0. The highest BCUT2D eigenvalue weighted by Crippen LogP contribution is 2.30. The third-order valence-corrected chi connectivity index (χ3v) is 4.29. The van der Waals surface area contributed by atoms with Crippen molar-refractivity contribution in [2.75, 3.05) is 13.6 Å². The second-order valence-electron chi connectivity index (χ2n) is 5.94. The molecule has 0 saturated heterocycles. The minimum Gasteiger partial charge on any atom is -0.465 e. The van der Waals surface area contributed by atoms with Crippen LogP contribution in [0.2, 0.25) is 0 Å². The lowest BCUT2D eigenvalue weighted by molar-refractivity contribution is 0.0788. The number of likely N-dealkylation sites (N-methyl/N-ethyl adjacent to an activating group) is 1. The summed E-state index contributed by atoms with van der Waals surface area (Å²) >= 11 is 0. The Morgan fingerprint density at radius 2 is 2.04 bits per heavy atom. The van der Waals surface area contributed by atoms with E-state index < -0.39 is 0 Å². The van der Waals surface area contributed by atoms with Crippen LogP contribution in [0.3, 0.4) is 0 Å². The van der Waals surface area contributed by atoms with Crippen LogP contribution in [0.25, 0.3) is 0 Å². The van der Waals surface area contributed by atoms with Crippen LogP contribution in [-0.4, -0.2) is 35.2 Å². The van der Waals surface area contributed by atoms with Crippen molar-refractivity contribution in [3.63, 3.8) is 0 Å². The molecule has 0 bridgehead atoms. The summed E-state index contributed by atoms with van der Waals surface area (Å²) in [5.74, 6) is 1.10. The van der Waals surface area contributed by atoms with E-state index in [9.17, 15) is 9.59 Å². The van der Waals surface area contributed by atoms with Crippen molar-refractivity contribution >= 4 is 11.7 Å². The quantitative estimate of drug-likeness (QED) is 0.871. The SMILES string of the molecule is Cc1oc2c(c1C(=O)N(C)CCc1ccncc1)C(=O)CCC2. The van der Waals surface area contributed by atoms with Gasteiger partial charge in [0.25, 0.3) is 5.91 Å². The van der Waals surface area contributed by atoms with Crippen LogP contribution in [0.4, 0.5) is 0 Å². The Kier molecular flexibility index (Phi) is 4.28. The predicted octanol–water partition coefficient (Wildman–Crippen LogP) is 2.82. The molecule has 0 radical (unpaired) electrons. The molecule has 1 amide bonds. The molecule has 5 nitrogen and oxygen atoms in total. The second-order valence-corrected chi connectivity index (χ2v) is 5.94. The highest BCUT2D eigenvalue weighted by atomic mass is 16.3. The summed E-state index contributed by atoms with van der Waals surface area (Å²) in [6.45, 7) is 2.34. The number of Topliss-reactive ketones (excluding diaryl/α,β-unsaturated/α-hetero) is 1. The maximum Gasteiger partial charge on any atom is 0.257 e. The number of ketones is 1. The van der Waals surface area contributed by atoms with Gasteiger partial charge in [-0.3, -0.25) is 14.6 Å². The summed E-state index contributed by atoms with van der Waals surface area (Å²) in [6.07, 6.45) is 6.25. The van der Waals surface area contributed by atoms with Crippen LogP contribution in [0.5, 0.6) is 0 Å². The number of nitrogens with zero attached hydrogens (tertiary/aromatic N) is 2. The Balaban J connectivity index is 1.78. The van der Waals surface area contributed by atoms with Crippen molar-refractivity contribution in [2.45, 2.75) is 32.6 Å². The lowest BCUT2D eigenvalue weighted by Gasteiger charge is -2.18. The molecule has 0 atom stereocenters. The zero-order valence-corrected chi connectivity index (χ0v) is 13.5. The molecule has 1 aliphatic rings. The molecule has 0 spiro atoms. The first-order valence-corrected chi connectivity index (χ1v) is 7.87. The Labute approximate surface area is 135 Å². The van der Waals surface area contributed by atoms with E-state index in [1.54, 1.807) is 31.3 Å². The number of carbonyl (C=O) groups excluding carboxylic acids is 2. The summed E-state index contributed by atoms with van der Waals surface area (Å²) in [7, 11) is 1.76. The Morgan fingerprint density at radius 3 is 2.78 bits per heavy atom. The van der Waals surface area contributed by atoms with Gasteiger partial charge in [0.1, 0.15) is 11.5 Å². The number of carbonyl (C=O) groups is 2. The van der Waals surface area contributed by atoms with Gasteiger partial charge in [-0.05, 0) is 37.5 Å². The highest BCUT2D eigenvalue weighted by Gasteiger charge is 2.31. The van der Waals surface area contributed by atoms with Crippen molar-refractivity contribution in [1.29, 1.82) is 0 Å². The fraction of sp³-hybridized carbons (Fsp3) is 0.389. The average Bonchev–Trinajstić information content (AvgIpc) is 2.90. The molecule has 120 valence electrons. The van der Waals surface area contributed by atoms with Gasteiger partial charge in [0.2, 0.25) is 0 Å². The van der Waals surface area contributed by atoms with Gasteiger partial charge in [-0.2, -0.15) is 0 Å². The minimum atomic E-state index is -0.142. The predicted molar refractivity (Wildman–Crippen MR) is 85.6 cm³/mol. The van der Waals surface area contributed by atoms with E-state index in [0.717, 1.165) is 24.8 Å². The summed E-state index contributed by atoms with van der Waals surface area (Å²) in [6, 6.07) is 3.87. The number of aryl methyl sites for hydroxylation is 2. The molecule has 0 aromatic carbocycles. The van der Waals surface area contributed by atoms with E-state index in [4.69, 9.17) is 4.42 Å². The number of fused-ring (bicyclic) bond motifs is 1. The second kappa shape index (κ2) is 6.36. The van der Waals surface area contributed by atoms with Crippen LogP contribution in [-0.2, 0) is 12.8 Å². The van der Waals surface area contributed by atoms with Gasteiger partial charge in [-0.25, -0.2) is 0 Å². The van der Waals surface area contributed by atoms with Gasteiger partial charge in [0, 0.05) is 38.8 Å². The third kappa shape index (κ3) is 3.04. The first kappa shape index (κ1) is 15.5. The van der Waals surface area contributed by atoms with E-state index in [0.29, 0.717) is 35.6 Å². The summed E-state index contributed by atoms with van der Waals surface area (Å²) in [4.78, 5) is 30.6. The van der Waals surface area contributed by atoms with E-state index >= 15 is 0 Å². The number of pyridine rings is 1. The molecule has 2 heterocycles. The number of hydrogen-bond donors (Lipinski definition) is 0. The van der Waals surface area contributed by atoms with E-state index in [1.807, 2.05) is 12.1 Å². The zero-order chi connectivity index (χ0) is 16.4. The van der Waals surface area contributed by atoms with Crippen molar-refractivity contribution in [2.24, 2.45) is 0 Å². The molecule has 2 aromatic rings. The monoisotopic (exact) mass is 312 g/mol.